The van der Waals surface area contributed by atoms with Gasteiger partial charge in [-0.25, -0.2) is 8.42 Å². The monoisotopic (exact) mass is 299 g/mol. The van der Waals surface area contributed by atoms with Crippen LogP contribution in [0.5, 0.6) is 0 Å². The Morgan fingerprint density at radius 3 is 2.11 bits per heavy atom. The summed E-state index contributed by atoms with van der Waals surface area (Å²) in [5, 5.41) is 0. The average molecular weight is 299 g/mol. The van der Waals surface area contributed by atoms with Gasteiger partial charge in [-0.1, -0.05) is 27.7 Å². The average Bonchev–Trinajstić information content (AvgIpc) is 2.27. The van der Waals surface area contributed by atoms with E-state index in [0.717, 1.165) is 13.1 Å². The summed E-state index contributed by atoms with van der Waals surface area (Å²) in [6, 6.07) is 0. The van der Waals surface area contributed by atoms with Gasteiger partial charge < -0.3 is 9.42 Å². The van der Waals surface area contributed by atoms with Crippen LogP contribution in [0.4, 0.5) is 0 Å². The molecule has 0 rings (SSSR count). The van der Waals surface area contributed by atoms with Gasteiger partial charge in [0.2, 0.25) is 9.46 Å². The van der Waals surface area contributed by atoms with Gasteiger partial charge in [0.1, 0.15) is 0 Å². The minimum Gasteiger partial charge on any atom is -0.318 e. The van der Waals surface area contributed by atoms with Crippen molar-refractivity contribution in [3.05, 3.63) is 0 Å². The van der Waals surface area contributed by atoms with E-state index >= 15 is 0 Å². The second-order valence-corrected chi connectivity index (χ2v) is 11.8. The minimum absolute atomic E-state index is 0.111. The van der Waals surface area contributed by atoms with Gasteiger partial charge in [0, 0.05) is 13.2 Å². The number of hydrogen-bond donors (Lipinski definition) is 0. The topological polar surface area (TPSA) is 63.7 Å². The molecule has 1 unspecified atom stereocenters. The highest BCUT2D eigenvalue weighted by Gasteiger charge is 2.34. The molecule has 0 fully saturated rings. The number of rotatable bonds is 9. The predicted molar refractivity (Wildman–Crippen MR) is 75.9 cm³/mol. The van der Waals surface area contributed by atoms with E-state index in [1.54, 1.807) is 0 Å². The molecule has 0 heterocycles. The first kappa shape index (κ1) is 18.1. The molecule has 1 atom stereocenters. The zero-order valence-corrected chi connectivity index (χ0v) is 13.8. The van der Waals surface area contributed by atoms with Crippen molar-refractivity contribution in [1.29, 1.82) is 0 Å². The van der Waals surface area contributed by atoms with Crippen LogP contribution in [0.15, 0.2) is 0 Å². The van der Waals surface area contributed by atoms with Crippen LogP contribution in [-0.2, 0) is 18.5 Å². The van der Waals surface area contributed by atoms with Crippen LogP contribution < -0.4 is 0 Å². The summed E-state index contributed by atoms with van der Waals surface area (Å²) in [6.07, 6.45) is 0. The SMILES string of the molecule is CCN(CC)CCS(=O)(=O)P(C)(=O)OCC(C)C. The molecule has 0 saturated heterocycles. The second kappa shape index (κ2) is 7.63. The van der Waals surface area contributed by atoms with Gasteiger partial charge in [0.25, 0.3) is 0 Å². The fourth-order valence-electron chi connectivity index (χ4n) is 1.31. The van der Waals surface area contributed by atoms with Crippen molar-refractivity contribution in [1.82, 2.24) is 4.90 Å². The van der Waals surface area contributed by atoms with Gasteiger partial charge in [-0.05, 0) is 19.0 Å². The van der Waals surface area contributed by atoms with Crippen molar-refractivity contribution in [2.45, 2.75) is 27.7 Å². The lowest BCUT2D eigenvalue weighted by atomic mass is 10.2. The maximum atomic E-state index is 12.1. The lowest BCUT2D eigenvalue weighted by Crippen LogP contribution is -2.29. The van der Waals surface area contributed by atoms with Gasteiger partial charge in [-0.2, -0.15) is 0 Å². The Kier molecular flexibility index (Phi) is 7.67. The second-order valence-electron chi connectivity index (χ2n) is 4.77. The molecule has 0 aliphatic carbocycles. The van der Waals surface area contributed by atoms with Crippen LogP contribution >= 0.6 is 6.57 Å². The van der Waals surface area contributed by atoms with Crippen LogP contribution in [0.1, 0.15) is 27.7 Å². The Balaban J connectivity index is 4.56. The molecule has 0 aliphatic heterocycles. The molecule has 0 aromatic heterocycles. The zero-order valence-electron chi connectivity index (χ0n) is 12.0. The fourth-order valence-corrected chi connectivity index (χ4v) is 4.77. The Bertz CT molecular complexity index is 377. The molecule has 0 aromatic carbocycles. The van der Waals surface area contributed by atoms with Crippen molar-refractivity contribution in [3.8, 4) is 0 Å². The van der Waals surface area contributed by atoms with E-state index in [9.17, 15) is 13.0 Å². The standard InChI is InChI=1S/C11H26NO4PS/c1-6-12(7-2)8-9-18(14,15)17(5,13)16-10-11(3)4/h11H,6-10H2,1-5H3. The molecule has 0 amide bonds. The van der Waals surface area contributed by atoms with Crippen LogP contribution in [-0.4, -0.2) is 52.0 Å². The van der Waals surface area contributed by atoms with Crippen LogP contribution in [0.25, 0.3) is 0 Å². The first-order chi connectivity index (χ1) is 8.16. The zero-order chi connectivity index (χ0) is 14.4. The van der Waals surface area contributed by atoms with Crippen molar-refractivity contribution in [2.24, 2.45) is 5.92 Å². The molecular weight excluding hydrogens is 273 g/mol. The Hall–Kier alpha value is 0.1000. The molecule has 18 heavy (non-hydrogen) atoms. The van der Waals surface area contributed by atoms with Gasteiger partial charge in [-0.15, -0.1) is 0 Å². The van der Waals surface area contributed by atoms with Crippen LogP contribution in [0.2, 0.25) is 0 Å². The molecule has 0 radical (unpaired) electrons. The van der Waals surface area contributed by atoms with E-state index in [1.807, 2.05) is 32.6 Å². The third kappa shape index (κ3) is 5.83. The van der Waals surface area contributed by atoms with E-state index in [1.165, 1.54) is 6.66 Å². The largest absolute Gasteiger partial charge is 0.318 e. The molecule has 0 bridgehead atoms. The van der Waals surface area contributed by atoms with E-state index in [2.05, 4.69) is 0 Å². The highest BCUT2D eigenvalue weighted by molar-refractivity contribution is 8.50. The van der Waals surface area contributed by atoms with Crippen molar-refractivity contribution in [2.75, 3.05) is 38.7 Å². The van der Waals surface area contributed by atoms with E-state index in [-0.39, 0.29) is 18.3 Å². The summed E-state index contributed by atoms with van der Waals surface area (Å²) in [6.45, 7) is 7.52. The van der Waals surface area contributed by atoms with E-state index < -0.39 is 16.0 Å². The summed E-state index contributed by atoms with van der Waals surface area (Å²) in [7, 11) is -3.68. The Labute approximate surface area is 111 Å². The van der Waals surface area contributed by atoms with Crippen molar-refractivity contribution < 1.29 is 17.5 Å². The quantitative estimate of drug-likeness (QED) is 0.611. The molecule has 0 saturated carbocycles. The smallest absolute Gasteiger partial charge is 0.310 e. The molecule has 0 spiro atoms. The van der Waals surface area contributed by atoms with Crippen LogP contribution in [0.3, 0.4) is 0 Å². The maximum Gasteiger partial charge on any atom is 0.310 e. The van der Waals surface area contributed by atoms with Crippen molar-refractivity contribution in [3.63, 3.8) is 0 Å². The first-order valence-corrected chi connectivity index (χ1v) is 10.7. The van der Waals surface area contributed by atoms with Crippen LogP contribution in [0, 0.1) is 5.92 Å². The molecule has 0 aliphatic rings. The Morgan fingerprint density at radius 1 is 1.22 bits per heavy atom. The number of hydrogen-bond acceptors (Lipinski definition) is 5. The summed E-state index contributed by atoms with van der Waals surface area (Å²) in [4.78, 5) is 1.99. The Morgan fingerprint density at radius 2 is 1.72 bits per heavy atom. The summed E-state index contributed by atoms with van der Waals surface area (Å²) >= 11 is 0. The molecule has 0 N–H and O–H groups in total. The molecule has 110 valence electrons. The third-order valence-electron chi connectivity index (χ3n) is 2.71. The highest BCUT2D eigenvalue weighted by atomic mass is 32.8. The van der Waals surface area contributed by atoms with E-state index in [4.69, 9.17) is 4.52 Å². The predicted octanol–water partition coefficient (Wildman–Crippen LogP) is 2.24. The fraction of sp³-hybridized carbons (Fsp3) is 1.00. The summed E-state index contributed by atoms with van der Waals surface area (Å²) in [5.74, 6) is 0.0526. The molecule has 7 heteroatoms. The highest BCUT2D eigenvalue weighted by Crippen LogP contribution is 2.50. The van der Waals surface area contributed by atoms with E-state index in [0.29, 0.717) is 6.54 Å². The molecular formula is C11H26NO4PS. The van der Waals surface area contributed by atoms with Gasteiger partial charge >= 0.3 is 6.57 Å². The maximum absolute atomic E-state index is 12.1. The van der Waals surface area contributed by atoms with Gasteiger partial charge in [-0.3, -0.25) is 4.57 Å². The lowest BCUT2D eigenvalue weighted by molar-refractivity contribution is 0.280. The molecule has 5 nitrogen and oxygen atoms in total. The minimum atomic E-state index is -3.68. The summed E-state index contributed by atoms with van der Waals surface area (Å²) in [5.41, 5.74) is 0. The number of nitrogens with zero attached hydrogens (tertiary/aromatic N) is 1. The molecule has 0 aromatic rings. The lowest BCUT2D eigenvalue weighted by Gasteiger charge is -2.20. The normalized spacial score (nSPS) is 16.2. The summed E-state index contributed by atoms with van der Waals surface area (Å²) < 4.78 is 41.2. The third-order valence-corrected chi connectivity index (χ3v) is 8.93. The van der Waals surface area contributed by atoms with Crippen molar-refractivity contribution >= 4 is 16.0 Å². The van der Waals surface area contributed by atoms with Gasteiger partial charge in [0.05, 0.1) is 12.4 Å². The first-order valence-electron chi connectivity index (χ1n) is 6.33. The van der Waals surface area contributed by atoms with Gasteiger partial charge in [0.15, 0.2) is 0 Å².